The third-order valence-electron chi connectivity index (χ3n) is 4.49. The van der Waals surface area contributed by atoms with Crippen LogP contribution in [0.15, 0.2) is 60.8 Å². The van der Waals surface area contributed by atoms with Crippen LogP contribution in [0.5, 0.6) is 0 Å². The van der Waals surface area contributed by atoms with Gasteiger partial charge in [-0.2, -0.15) is 0 Å². The monoisotopic (exact) mass is 404 g/mol. The number of carbonyl (C=O) groups is 1. The Balaban J connectivity index is 3.71. The summed E-state index contributed by atoms with van der Waals surface area (Å²) in [6, 6.07) is 0. The van der Waals surface area contributed by atoms with Crippen molar-refractivity contribution >= 4 is 5.78 Å². The van der Waals surface area contributed by atoms with Gasteiger partial charge in [-0.1, -0.05) is 113 Å². The van der Waals surface area contributed by atoms with Crippen LogP contribution in [0.1, 0.15) is 71.1 Å². The first-order valence-corrected chi connectivity index (χ1v) is 11.0. The van der Waals surface area contributed by atoms with E-state index in [-0.39, 0.29) is 0 Å². The molecule has 4 heteroatoms. The summed E-state index contributed by atoms with van der Waals surface area (Å²) in [5, 5.41) is 27.2. The molecule has 0 aliphatic carbocycles. The molecular formula is C25H40O4. The van der Waals surface area contributed by atoms with Crippen LogP contribution >= 0.6 is 0 Å². The van der Waals surface area contributed by atoms with Gasteiger partial charge in [-0.25, -0.2) is 0 Å². The summed E-state index contributed by atoms with van der Waals surface area (Å²) in [5.74, 6) is -0.641. The van der Waals surface area contributed by atoms with E-state index in [9.17, 15) is 9.90 Å². The lowest BCUT2D eigenvalue weighted by molar-refractivity contribution is -0.129. The topological polar surface area (TPSA) is 77.8 Å². The smallest absolute Gasteiger partial charge is 0.186 e. The second-order valence-electron chi connectivity index (χ2n) is 7.16. The van der Waals surface area contributed by atoms with Gasteiger partial charge in [0, 0.05) is 0 Å². The molecule has 0 saturated heterocycles. The zero-order chi connectivity index (χ0) is 21.6. The zero-order valence-electron chi connectivity index (χ0n) is 18.0. The number of unbranched alkanes of at least 4 members (excludes halogenated alkanes) is 9. The molecule has 0 rings (SSSR count). The third kappa shape index (κ3) is 18.0. The summed E-state index contributed by atoms with van der Waals surface area (Å²) < 4.78 is 0. The van der Waals surface area contributed by atoms with Gasteiger partial charge in [0.25, 0.3) is 0 Å². The molecule has 3 N–H and O–H groups in total. The first kappa shape index (κ1) is 27.2. The Hall–Kier alpha value is -1.75. The van der Waals surface area contributed by atoms with Crippen molar-refractivity contribution in [2.45, 2.75) is 83.3 Å². The molecule has 0 bridgehead atoms. The van der Waals surface area contributed by atoms with Crippen molar-refractivity contribution in [3.63, 3.8) is 0 Å². The number of allylic oxidation sites excluding steroid dienone is 9. The van der Waals surface area contributed by atoms with Gasteiger partial charge in [-0.05, 0) is 18.9 Å². The molecular weight excluding hydrogens is 364 g/mol. The molecule has 29 heavy (non-hydrogen) atoms. The molecule has 0 fully saturated rings. The lowest BCUT2D eigenvalue weighted by Crippen LogP contribution is -2.35. The van der Waals surface area contributed by atoms with E-state index in [2.05, 4.69) is 19.1 Å². The van der Waals surface area contributed by atoms with E-state index in [4.69, 9.17) is 10.2 Å². The molecule has 164 valence electrons. The van der Waals surface area contributed by atoms with Crippen LogP contribution in [-0.2, 0) is 4.79 Å². The summed E-state index contributed by atoms with van der Waals surface area (Å²) >= 11 is 0. The maximum Gasteiger partial charge on any atom is 0.186 e. The van der Waals surface area contributed by atoms with Crippen molar-refractivity contribution in [1.29, 1.82) is 0 Å². The number of aliphatic hydroxyl groups is 3. The highest BCUT2D eigenvalue weighted by atomic mass is 16.4. The molecule has 0 saturated carbocycles. The number of carbonyl (C=O) groups excluding carboxylic acids is 1. The molecule has 0 aliphatic heterocycles. The molecule has 4 nitrogen and oxygen atoms in total. The second-order valence-corrected chi connectivity index (χ2v) is 7.16. The number of rotatable bonds is 18. The maximum atomic E-state index is 11.4. The molecule has 0 aliphatic rings. The number of aliphatic hydroxyl groups excluding tert-OH is 3. The zero-order valence-corrected chi connectivity index (χ0v) is 18.0. The summed E-state index contributed by atoms with van der Waals surface area (Å²) in [4.78, 5) is 11.4. The van der Waals surface area contributed by atoms with E-state index in [1.54, 1.807) is 12.2 Å². The minimum Gasteiger partial charge on any atom is -0.394 e. The summed E-state index contributed by atoms with van der Waals surface area (Å²) in [6.07, 6.45) is 28.2. The van der Waals surface area contributed by atoms with E-state index in [0.29, 0.717) is 0 Å². The highest BCUT2D eigenvalue weighted by Gasteiger charge is 2.20. The Morgan fingerprint density at radius 3 is 1.76 bits per heavy atom. The van der Waals surface area contributed by atoms with Gasteiger partial charge in [0.1, 0.15) is 12.2 Å². The van der Waals surface area contributed by atoms with Crippen LogP contribution in [0, 0.1) is 0 Å². The number of ketones is 1. The normalized spacial score (nSPS) is 14.9. The quantitative estimate of drug-likeness (QED) is 0.171. The van der Waals surface area contributed by atoms with Crippen molar-refractivity contribution in [2.75, 3.05) is 6.61 Å². The first-order valence-electron chi connectivity index (χ1n) is 11.0. The minimum atomic E-state index is -1.59. The Morgan fingerprint density at radius 2 is 1.21 bits per heavy atom. The lowest BCUT2D eigenvalue weighted by atomic mass is 10.1. The van der Waals surface area contributed by atoms with Crippen molar-refractivity contribution in [3.05, 3.63) is 60.8 Å². The molecule has 0 radical (unpaired) electrons. The van der Waals surface area contributed by atoms with Crippen molar-refractivity contribution in [2.24, 2.45) is 0 Å². The van der Waals surface area contributed by atoms with E-state index < -0.39 is 24.6 Å². The Bertz CT molecular complexity index is 529. The fourth-order valence-corrected chi connectivity index (χ4v) is 2.67. The SMILES string of the molecule is CCCCCCCCCCC/C=C/C=C/C=C/C=C/C=C/C(=O)C(O)C(O)CO. The van der Waals surface area contributed by atoms with Crippen LogP contribution in [0.25, 0.3) is 0 Å². The number of hydrogen-bond donors (Lipinski definition) is 3. The first-order chi connectivity index (χ1) is 14.1. The van der Waals surface area contributed by atoms with E-state index in [1.807, 2.05) is 24.3 Å². The molecule has 0 aromatic carbocycles. The molecule has 2 atom stereocenters. The third-order valence-corrected chi connectivity index (χ3v) is 4.49. The van der Waals surface area contributed by atoms with Gasteiger partial charge in [-0.3, -0.25) is 4.79 Å². The molecule has 0 heterocycles. The second kappa shape index (κ2) is 21.0. The molecule has 0 aromatic rings. The molecule has 0 aromatic heterocycles. The predicted molar refractivity (Wildman–Crippen MR) is 122 cm³/mol. The van der Waals surface area contributed by atoms with Crippen molar-refractivity contribution in [1.82, 2.24) is 0 Å². The van der Waals surface area contributed by atoms with Crippen molar-refractivity contribution < 1.29 is 20.1 Å². The fraction of sp³-hybridized carbons (Fsp3) is 0.560. The Labute approximate surface area is 177 Å². The van der Waals surface area contributed by atoms with Crippen LogP contribution < -0.4 is 0 Å². The maximum absolute atomic E-state index is 11.4. The van der Waals surface area contributed by atoms with Crippen LogP contribution in [0.4, 0.5) is 0 Å². The summed E-state index contributed by atoms with van der Waals surface area (Å²) in [6.45, 7) is 1.60. The minimum absolute atomic E-state index is 0.641. The summed E-state index contributed by atoms with van der Waals surface area (Å²) in [5.41, 5.74) is 0. The molecule has 0 amide bonds. The average molecular weight is 405 g/mol. The van der Waals surface area contributed by atoms with Gasteiger partial charge in [0.2, 0.25) is 0 Å². The standard InChI is InChI=1S/C25H40O4/c1-2-3-4-5-6-7-8-9-10-11-12-13-14-15-16-17-18-19-20-21-23(27)25(29)24(28)22-26/h12-21,24-26,28-29H,2-11,22H2,1H3/b13-12+,15-14+,17-16+,19-18+,21-20+. The largest absolute Gasteiger partial charge is 0.394 e. The predicted octanol–water partition coefficient (Wildman–Crippen LogP) is 4.97. The Morgan fingerprint density at radius 1 is 0.724 bits per heavy atom. The fourth-order valence-electron chi connectivity index (χ4n) is 2.67. The van der Waals surface area contributed by atoms with Crippen LogP contribution in [0.3, 0.4) is 0 Å². The lowest BCUT2D eigenvalue weighted by Gasteiger charge is -2.11. The highest BCUT2D eigenvalue weighted by molar-refractivity contribution is 5.94. The van der Waals surface area contributed by atoms with Gasteiger partial charge in [-0.15, -0.1) is 0 Å². The van der Waals surface area contributed by atoms with Crippen molar-refractivity contribution in [3.8, 4) is 0 Å². The van der Waals surface area contributed by atoms with Gasteiger partial charge in [0.15, 0.2) is 5.78 Å². The van der Waals surface area contributed by atoms with Gasteiger partial charge in [0.05, 0.1) is 6.61 Å². The highest BCUT2D eigenvalue weighted by Crippen LogP contribution is 2.10. The summed E-state index contributed by atoms with van der Waals surface area (Å²) in [7, 11) is 0. The van der Waals surface area contributed by atoms with E-state index in [0.717, 1.165) is 6.42 Å². The number of hydrogen-bond acceptors (Lipinski definition) is 4. The molecule has 0 spiro atoms. The average Bonchev–Trinajstić information content (AvgIpc) is 2.74. The Kier molecular flexibility index (Phi) is 19.7. The molecule has 2 unspecified atom stereocenters. The van der Waals surface area contributed by atoms with Crippen LogP contribution in [-0.4, -0.2) is 39.9 Å². The van der Waals surface area contributed by atoms with Crippen LogP contribution in [0.2, 0.25) is 0 Å². The van der Waals surface area contributed by atoms with E-state index >= 15 is 0 Å². The van der Waals surface area contributed by atoms with E-state index in [1.165, 1.54) is 69.9 Å². The van der Waals surface area contributed by atoms with Gasteiger partial charge >= 0.3 is 0 Å². The van der Waals surface area contributed by atoms with Gasteiger partial charge < -0.3 is 15.3 Å².